The van der Waals surface area contributed by atoms with E-state index in [1.54, 1.807) is 7.11 Å². The molecule has 2 fully saturated rings. The number of carbonyl (C=O) groups is 1. The Bertz CT molecular complexity index is 451. The highest BCUT2D eigenvalue weighted by Crippen LogP contribution is 2.36. The molecule has 0 amide bonds. The van der Waals surface area contributed by atoms with Gasteiger partial charge < -0.3 is 4.74 Å². The van der Waals surface area contributed by atoms with Crippen LogP contribution in [0.4, 0.5) is 0 Å². The normalized spacial score (nSPS) is 22.4. The minimum Gasteiger partial charge on any atom is -0.370 e. The van der Waals surface area contributed by atoms with Crippen molar-refractivity contribution in [2.24, 2.45) is 0 Å². The number of methoxy groups -OCH3 is 1. The first-order valence-corrected chi connectivity index (χ1v) is 7.36. The SMILES string of the molecule is COC1(C(=O)Cc2ccn(C3CCCC3)n2)CCC1. The van der Waals surface area contributed by atoms with Gasteiger partial charge in [0.25, 0.3) is 0 Å². The summed E-state index contributed by atoms with van der Waals surface area (Å²) in [7, 11) is 1.65. The van der Waals surface area contributed by atoms with Gasteiger partial charge in [-0.3, -0.25) is 9.48 Å². The molecule has 19 heavy (non-hydrogen) atoms. The maximum atomic E-state index is 12.3. The Kier molecular flexibility index (Phi) is 3.44. The molecule has 0 radical (unpaired) electrons. The van der Waals surface area contributed by atoms with Crippen molar-refractivity contribution in [3.05, 3.63) is 18.0 Å². The van der Waals surface area contributed by atoms with Crippen LogP contribution in [0.15, 0.2) is 12.3 Å². The average molecular weight is 262 g/mol. The Hall–Kier alpha value is -1.16. The molecular weight excluding hydrogens is 240 g/mol. The monoisotopic (exact) mass is 262 g/mol. The molecule has 0 saturated heterocycles. The molecule has 0 aliphatic heterocycles. The molecule has 0 spiro atoms. The van der Waals surface area contributed by atoms with Crippen molar-refractivity contribution in [1.82, 2.24) is 9.78 Å². The fourth-order valence-corrected chi connectivity index (χ4v) is 3.26. The lowest BCUT2D eigenvalue weighted by Gasteiger charge is -2.38. The predicted molar refractivity (Wildman–Crippen MR) is 72.0 cm³/mol. The Labute approximate surface area is 114 Å². The van der Waals surface area contributed by atoms with E-state index in [9.17, 15) is 4.79 Å². The summed E-state index contributed by atoms with van der Waals surface area (Å²) in [5, 5.41) is 4.58. The highest BCUT2D eigenvalue weighted by molar-refractivity contribution is 5.89. The number of hydrogen-bond donors (Lipinski definition) is 0. The summed E-state index contributed by atoms with van der Waals surface area (Å²) in [6.45, 7) is 0. The standard InChI is InChI=1S/C15H22N2O2/c1-19-15(8-4-9-15)14(18)11-12-7-10-17(16-12)13-5-2-3-6-13/h7,10,13H,2-6,8-9,11H2,1H3. The van der Waals surface area contributed by atoms with Gasteiger partial charge in [0.2, 0.25) is 0 Å². The molecule has 104 valence electrons. The fraction of sp³-hybridized carbons (Fsp3) is 0.733. The van der Waals surface area contributed by atoms with E-state index < -0.39 is 5.60 Å². The summed E-state index contributed by atoms with van der Waals surface area (Å²) in [6.07, 6.45) is 10.3. The molecule has 1 aromatic heterocycles. The quantitative estimate of drug-likeness (QED) is 0.819. The van der Waals surface area contributed by atoms with Crippen LogP contribution in [0.1, 0.15) is 56.7 Å². The van der Waals surface area contributed by atoms with E-state index in [2.05, 4.69) is 9.78 Å². The highest BCUT2D eigenvalue weighted by Gasteiger charge is 2.43. The fourth-order valence-electron chi connectivity index (χ4n) is 3.26. The first-order chi connectivity index (χ1) is 9.23. The zero-order valence-corrected chi connectivity index (χ0v) is 11.6. The van der Waals surface area contributed by atoms with Crippen LogP contribution < -0.4 is 0 Å². The molecule has 1 heterocycles. The summed E-state index contributed by atoms with van der Waals surface area (Å²) in [5.74, 6) is 0.193. The average Bonchev–Trinajstić information content (AvgIpc) is 2.97. The molecule has 0 bridgehead atoms. The summed E-state index contributed by atoms with van der Waals surface area (Å²) >= 11 is 0. The first-order valence-electron chi connectivity index (χ1n) is 7.36. The van der Waals surface area contributed by atoms with Gasteiger partial charge in [-0.25, -0.2) is 0 Å². The number of carbonyl (C=O) groups excluding carboxylic acids is 1. The van der Waals surface area contributed by atoms with Crippen LogP contribution in [0.5, 0.6) is 0 Å². The maximum Gasteiger partial charge on any atom is 0.170 e. The number of hydrogen-bond acceptors (Lipinski definition) is 3. The van der Waals surface area contributed by atoms with Gasteiger partial charge in [0, 0.05) is 13.3 Å². The van der Waals surface area contributed by atoms with Crippen molar-refractivity contribution in [1.29, 1.82) is 0 Å². The van der Waals surface area contributed by atoms with Gasteiger partial charge in [0.05, 0.1) is 18.2 Å². The van der Waals surface area contributed by atoms with Gasteiger partial charge >= 0.3 is 0 Å². The number of nitrogens with zero attached hydrogens (tertiary/aromatic N) is 2. The molecule has 0 aromatic carbocycles. The predicted octanol–water partition coefficient (Wildman–Crippen LogP) is 2.68. The zero-order valence-electron chi connectivity index (χ0n) is 11.6. The Morgan fingerprint density at radius 1 is 1.42 bits per heavy atom. The largest absolute Gasteiger partial charge is 0.370 e. The number of Topliss-reactive ketones (excluding diaryl/α,β-unsaturated/α-hetero) is 1. The van der Waals surface area contributed by atoms with Crippen molar-refractivity contribution >= 4 is 5.78 Å². The summed E-state index contributed by atoms with van der Waals surface area (Å²) < 4.78 is 7.48. The van der Waals surface area contributed by atoms with Crippen molar-refractivity contribution in [2.45, 2.75) is 63.0 Å². The maximum absolute atomic E-state index is 12.3. The number of rotatable bonds is 5. The van der Waals surface area contributed by atoms with Crippen LogP contribution in [0.2, 0.25) is 0 Å². The van der Waals surface area contributed by atoms with E-state index >= 15 is 0 Å². The van der Waals surface area contributed by atoms with Gasteiger partial charge in [0.1, 0.15) is 5.60 Å². The van der Waals surface area contributed by atoms with Gasteiger partial charge in [-0.2, -0.15) is 5.10 Å². The van der Waals surface area contributed by atoms with Crippen molar-refractivity contribution < 1.29 is 9.53 Å². The second kappa shape index (κ2) is 5.08. The molecule has 3 rings (SSSR count). The van der Waals surface area contributed by atoms with E-state index in [-0.39, 0.29) is 5.78 Å². The molecule has 0 unspecified atom stereocenters. The molecule has 2 aliphatic carbocycles. The molecule has 2 aliphatic rings. The van der Waals surface area contributed by atoms with Gasteiger partial charge in [-0.15, -0.1) is 0 Å². The lowest BCUT2D eigenvalue weighted by atomic mass is 9.75. The Morgan fingerprint density at radius 2 is 2.16 bits per heavy atom. The van der Waals surface area contributed by atoms with Gasteiger partial charge in [-0.1, -0.05) is 12.8 Å². The third-order valence-corrected chi connectivity index (χ3v) is 4.76. The number of ketones is 1. The lowest BCUT2D eigenvalue weighted by Crippen LogP contribution is -2.47. The van der Waals surface area contributed by atoms with Gasteiger partial charge in [-0.05, 0) is 38.2 Å². The summed E-state index contributed by atoms with van der Waals surface area (Å²) in [4.78, 5) is 12.3. The first kappa shape index (κ1) is 12.9. The zero-order chi connectivity index (χ0) is 13.3. The van der Waals surface area contributed by atoms with Crippen LogP contribution in [-0.2, 0) is 16.0 Å². The molecule has 1 aromatic rings. The Balaban J connectivity index is 1.65. The van der Waals surface area contributed by atoms with Crippen molar-refractivity contribution in [3.63, 3.8) is 0 Å². The number of ether oxygens (including phenoxy) is 1. The van der Waals surface area contributed by atoms with E-state index in [0.29, 0.717) is 12.5 Å². The van der Waals surface area contributed by atoms with E-state index in [0.717, 1.165) is 25.0 Å². The van der Waals surface area contributed by atoms with Crippen molar-refractivity contribution in [3.8, 4) is 0 Å². The van der Waals surface area contributed by atoms with Crippen LogP contribution in [0.3, 0.4) is 0 Å². The lowest BCUT2D eigenvalue weighted by molar-refractivity contribution is -0.151. The minimum absolute atomic E-state index is 0.193. The minimum atomic E-state index is -0.503. The summed E-state index contributed by atoms with van der Waals surface area (Å²) in [5.41, 5.74) is 0.386. The van der Waals surface area contributed by atoms with Gasteiger partial charge in [0.15, 0.2) is 5.78 Å². The topological polar surface area (TPSA) is 44.1 Å². The third-order valence-electron chi connectivity index (χ3n) is 4.76. The smallest absolute Gasteiger partial charge is 0.170 e. The van der Waals surface area contributed by atoms with E-state index in [4.69, 9.17) is 4.74 Å². The van der Waals surface area contributed by atoms with Crippen molar-refractivity contribution in [2.75, 3.05) is 7.11 Å². The molecule has 2 saturated carbocycles. The number of aromatic nitrogens is 2. The second-order valence-corrected chi connectivity index (χ2v) is 5.88. The van der Waals surface area contributed by atoms with E-state index in [1.807, 2.05) is 12.3 Å². The van der Waals surface area contributed by atoms with Crippen LogP contribution in [0.25, 0.3) is 0 Å². The highest BCUT2D eigenvalue weighted by atomic mass is 16.5. The third kappa shape index (κ3) is 2.34. The molecule has 4 heteroatoms. The molecule has 0 atom stereocenters. The van der Waals surface area contributed by atoms with Crippen LogP contribution >= 0.6 is 0 Å². The van der Waals surface area contributed by atoms with Crippen LogP contribution in [-0.4, -0.2) is 28.3 Å². The summed E-state index contributed by atoms with van der Waals surface area (Å²) in [6, 6.07) is 2.53. The van der Waals surface area contributed by atoms with Crippen LogP contribution in [0, 0.1) is 0 Å². The molecule has 4 nitrogen and oxygen atoms in total. The van der Waals surface area contributed by atoms with E-state index in [1.165, 1.54) is 25.7 Å². The molecule has 0 N–H and O–H groups in total. The Morgan fingerprint density at radius 3 is 2.74 bits per heavy atom. The second-order valence-electron chi connectivity index (χ2n) is 5.88. The molecular formula is C15H22N2O2.